The van der Waals surface area contributed by atoms with Crippen LogP contribution in [0.2, 0.25) is 0 Å². The smallest absolute Gasteiger partial charge is 0.261 e. The number of benzene rings is 1. The molecule has 10 heteroatoms. The third-order valence-corrected chi connectivity index (χ3v) is 7.71. The van der Waals surface area contributed by atoms with Gasteiger partial charge in [0.15, 0.2) is 0 Å². The Hall–Kier alpha value is -4.31. The van der Waals surface area contributed by atoms with Gasteiger partial charge in [0.25, 0.3) is 5.56 Å². The summed E-state index contributed by atoms with van der Waals surface area (Å²) in [6.45, 7) is 11.6. The van der Waals surface area contributed by atoms with Crippen LogP contribution < -0.4 is 15.4 Å². The molecule has 4 aromatic rings. The van der Waals surface area contributed by atoms with Crippen molar-refractivity contribution in [3.8, 4) is 0 Å². The Balaban J connectivity index is 1.45. The van der Waals surface area contributed by atoms with Gasteiger partial charge >= 0.3 is 0 Å². The van der Waals surface area contributed by atoms with E-state index in [-0.39, 0.29) is 17.4 Å². The molecule has 0 N–H and O–H groups in total. The van der Waals surface area contributed by atoms with E-state index >= 15 is 0 Å². The van der Waals surface area contributed by atoms with Gasteiger partial charge in [0, 0.05) is 63.9 Å². The number of hydrogen-bond acceptors (Lipinski definition) is 7. The minimum Gasteiger partial charge on any atom is -0.461 e. The first-order valence-electron chi connectivity index (χ1n) is 13.8. The third kappa shape index (κ3) is 5.39. The van der Waals surface area contributed by atoms with Gasteiger partial charge in [-0.25, -0.2) is 9.97 Å². The standard InChI is InChI=1S/C31H36N6O4/c1-7-37-25-9-8-22(15-26(25)34(6)29(39)31(4,5)30(37)40)18-35(19-23-16-32-21(3)33-17-23)12-13-36-11-10-27-24(28(36)38)14-20(2)41-27/h8-11,14-17H,7,12-13,18-19H2,1-6H3. The van der Waals surface area contributed by atoms with E-state index in [2.05, 4.69) is 14.9 Å². The van der Waals surface area contributed by atoms with E-state index in [1.807, 2.05) is 57.4 Å². The highest BCUT2D eigenvalue weighted by atomic mass is 16.3. The summed E-state index contributed by atoms with van der Waals surface area (Å²) in [5.74, 6) is 0.954. The van der Waals surface area contributed by atoms with Crippen molar-refractivity contribution < 1.29 is 14.0 Å². The largest absolute Gasteiger partial charge is 0.461 e. The average Bonchev–Trinajstić information content (AvgIpc) is 3.33. The van der Waals surface area contributed by atoms with Gasteiger partial charge < -0.3 is 18.8 Å². The minimum absolute atomic E-state index is 0.0879. The van der Waals surface area contributed by atoms with Crippen LogP contribution in [-0.4, -0.2) is 51.4 Å². The van der Waals surface area contributed by atoms with Crippen molar-refractivity contribution in [2.75, 3.05) is 29.9 Å². The fourth-order valence-electron chi connectivity index (χ4n) is 5.41. The summed E-state index contributed by atoms with van der Waals surface area (Å²) in [4.78, 5) is 53.9. The first kappa shape index (κ1) is 28.2. The molecule has 0 saturated heterocycles. The Morgan fingerprint density at radius 3 is 2.34 bits per heavy atom. The third-order valence-electron chi connectivity index (χ3n) is 7.71. The van der Waals surface area contributed by atoms with Crippen LogP contribution in [0.15, 0.2) is 58.1 Å². The zero-order chi connectivity index (χ0) is 29.5. The SMILES string of the molecule is CCN1C(=O)C(C)(C)C(=O)N(C)c2cc(CN(CCn3ccc4oc(C)cc4c3=O)Cc3cnc(C)nc3)ccc21. The molecule has 0 aliphatic carbocycles. The van der Waals surface area contributed by atoms with Gasteiger partial charge in [-0.2, -0.15) is 0 Å². The predicted molar refractivity (Wildman–Crippen MR) is 158 cm³/mol. The molecule has 214 valence electrons. The Kier molecular flexibility index (Phi) is 7.52. The van der Waals surface area contributed by atoms with Crippen LogP contribution >= 0.6 is 0 Å². The zero-order valence-corrected chi connectivity index (χ0v) is 24.5. The molecule has 2 amide bonds. The van der Waals surface area contributed by atoms with E-state index in [1.165, 1.54) is 0 Å². The quantitative estimate of drug-likeness (QED) is 0.302. The zero-order valence-electron chi connectivity index (χ0n) is 24.5. The lowest BCUT2D eigenvalue weighted by Gasteiger charge is -2.27. The Labute approximate surface area is 239 Å². The number of nitrogens with zero attached hydrogens (tertiary/aromatic N) is 6. The first-order chi connectivity index (χ1) is 19.5. The number of pyridine rings is 1. The summed E-state index contributed by atoms with van der Waals surface area (Å²) in [6, 6.07) is 9.49. The molecule has 41 heavy (non-hydrogen) atoms. The van der Waals surface area contributed by atoms with Crippen molar-refractivity contribution in [2.24, 2.45) is 5.41 Å². The molecule has 1 aliphatic heterocycles. The molecule has 5 rings (SSSR count). The summed E-state index contributed by atoms with van der Waals surface area (Å²) in [5, 5.41) is 0.569. The van der Waals surface area contributed by atoms with E-state index in [0.717, 1.165) is 16.8 Å². The van der Waals surface area contributed by atoms with Gasteiger partial charge in [-0.15, -0.1) is 0 Å². The molecule has 0 bridgehead atoms. The van der Waals surface area contributed by atoms with Crippen LogP contribution in [0.4, 0.5) is 11.4 Å². The number of aryl methyl sites for hydroxylation is 2. The van der Waals surface area contributed by atoms with Gasteiger partial charge in [0.2, 0.25) is 11.8 Å². The monoisotopic (exact) mass is 556 g/mol. The molecule has 0 spiro atoms. The van der Waals surface area contributed by atoms with Crippen LogP contribution in [0.3, 0.4) is 0 Å². The van der Waals surface area contributed by atoms with Crippen molar-refractivity contribution in [3.63, 3.8) is 0 Å². The molecule has 10 nitrogen and oxygen atoms in total. The van der Waals surface area contributed by atoms with Crippen LogP contribution in [0, 0.1) is 19.3 Å². The number of rotatable bonds is 8. The lowest BCUT2D eigenvalue weighted by atomic mass is 9.90. The maximum Gasteiger partial charge on any atom is 0.261 e. The molecule has 0 unspecified atom stereocenters. The second-order valence-electron chi connectivity index (χ2n) is 11.2. The maximum atomic E-state index is 13.3. The van der Waals surface area contributed by atoms with Gasteiger partial charge in [0.1, 0.15) is 22.6 Å². The average molecular weight is 557 g/mol. The van der Waals surface area contributed by atoms with Gasteiger partial charge in [0.05, 0.1) is 16.8 Å². The molecule has 0 atom stereocenters. The molecule has 0 saturated carbocycles. The number of carbonyl (C=O) groups is 2. The molecular formula is C31H36N6O4. The molecule has 0 radical (unpaired) electrons. The van der Waals surface area contributed by atoms with Crippen LogP contribution in [-0.2, 0) is 29.2 Å². The lowest BCUT2D eigenvalue weighted by molar-refractivity contribution is -0.137. The normalized spacial score (nSPS) is 15.1. The van der Waals surface area contributed by atoms with Crippen molar-refractivity contribution in [2.45, 2.75) is 54.3 Å². The number of fused-ring (bicyclic) bond motifs is 2. The minimum atomic E-state index is -1.16. The number of carbonyl (C=O) groups excluding carboxylic acids is 2. The lowest BCUT2D eigenvalue weighted by Crippen LogP contribution is -2.47. The van der Waals surface area contributed by atoms with Crippen LogP contribution in [0.1, 0.15) is 43.5 Å². The summed E-state index contributed by atoms with van der Waals surface area (Å²) < 4.78 is 7.31. The van der Waals surface area contributed by atoms with Crippen LogP contribution in [0.5, 0.6) is 0 Å². The van der Waals surface area contributed by atoms with E-state index in [9.17, 15) is 14.4 Å². The fourth-order valence-corrected chi connectivity index (χ4v) is 5.41. The number of hydrogen-bond donors (Lipinski definition) is 0. The fraction of sp³-hybridized carbons (Fsp3) is 0.387. The van der Waals surface area contributed by atoms with E-state index in [4.69, 9.17) is 4.42 Å². The summed E-state index contributed by atoms with van der Waals surface area (Å²) in [6.07, 6.45) is 5.40. The summed E-state index contributed by atoms with van der Waals surface area (Å²) >= 11 is 0. The highest BCUT2D eigenvalue weighted by Gasteiger charge is 2.45. The molecule has 3 aromatic heterocycles. The Morgan fingerprint density at radius 2 is 1.63 bits per heavy atom. The van der Waals surface area contributed by atoms with Gasteiger partial charge in [-0.05, 0) is 64.4 Å². The van der Waals surface area contributed by atoms with E-state index in [1.54, 1.807) is 47.5 Å². The summed E-state index contributed by atoms with van der Waals surface area (Å²) in [7, 11) is 1.72. The predicted octanol–water partition coefficient (Wildman–Crippen LogP) is 4.06. The number of anilines is 2. The Morgan fingerprint density at radius 1 is 0.927 bits per heavy atom. The highest BCUT2D eigenvalue weighted by molar-refractivity contribution is 6.19. The van der Waals surface area contributed by atoms with Gasteiger partial charge in [-0.3, -0.25) is 19.3 Å². The summed E-state index contributed by atoms with van der Waals surface area (Å²) in [5.41, 5.74) is 2.69. The van der Waals surface area contributed by atoms with E-state index in [0.29, 0.717) is 61.0 Å². The molecular weight excluding hydrogens is 520 g/mol. The molecule has 0 fully saturated rings. The highest BCUT2D eigenvalue weighted by Crippen LogP contribution is 2.39. The number of aromatic nitrogens is 3. The second kappa shape index (κ2) is 10.9. The first-order valence-corrected chi connectivity index (χ1v) is 13.8. The molecule has 4 heterocycles. The van der Waals surface area contributed by atoms with Crippen molar-refractivity contribution >= 4 is 34.2 Å². The Bertz CT molecular complexity index is 1670. The maximum absolute atomic E-state index is 13.3. The topological polar surface area (TPSA) is 105 Å². The number of furan rings is 1. The van der Waals surface area contributed by atoms with Gasteiger partial charge in [-0.1, -0.05) is 6.07 Å². The van der Waals surface area contributed by atoms with Crippen molar-refractivity contribution in [3.05, 3.63) is 82.0 Å². The molecule has 1 aliphatic rings. The van der Waals surface area contributed by atoms with Crippen LogP contribution in [0.25, 0.3) is 11.0 Å². The second-order valence-corrected chi connectivity index (χ2v) is 11.2. The molecule has 1 aromatic carbocycles. The van der Waals surface area contributed by atoms with E-state index < -0.39 is 5.41 Å². The van der Waals surface area contributed by atoms with Crippen molar-refractivity contribution in [1.82, 2.24) is 19.4 Å². The number of amides is 2. The van der Waals surface area contributed by atoms with Crippen molar-refractivity contribution in [1.29, 1.82) is 0 Å².